The second kappa shape index (κ2) is 13.9. The van der Waals surface area contributed by atoms with Crippen molar-refractivity contribution in [2.24, 2.45) is 5.92 Å². The molecule has 4 N–H and O–H groups in total. The summed E-state index contributed by atoms with van der Waals surface area (Å²) in [6, 6.07) is 13.6. The van der Waals surface area contributed by atoms with Gasteiger partial charge in [-0.1, -0.05) is 44.2 Å². The number of nitrogens with one attached hydrogen (secondary N) is 1. The van der Waals surface area contributed by atoms with Gasteiger partial charge in [0.15, 0.2) is 0 Å². The molecular weight excluding hydrogens is 556 g/mol. The summed E-state index contributed by atoms with van der Waals surface area (Å²) >= 11 is 0. The van der Waals surface area contributed by atoms with Gasteiger partial charge in [-0.3, -0.25) is 4.79 Å². The van der Waals surface area contributed by atoms with E-state index in [-0.39, 0.29) is 36.9 Å². The Hall–Kier alpha value is -2.55. The molecule has 40 heavy (non-hydrogen) atoms. The number of carbonyl (C=O) groups is 1. The largest absolute Gasteiger partial charge is 0.399 e. The first-order chi connectivity index (χ1) is 18.8. The standard InChI is InChI=1S/C27H40N4O7S2/c1-20(2)16-30(40(36,37)24-11-9-22(28)10-12-24)17-26(32)25(15-21-7-5-4-6-8-21)29-27(33)18-31(39(3,34)35)23-13-14-38-19-23/h4-12,20,23,25-26,32H,13-19,28H2,1-3H3,(H,29,33)/t23-,25-,26+/m0/s1. The highest BCUT2D eigenvalue weighted by atomic mass is 32.2. The fraction of sp³-hybridized carbons (Fsp3) is 0.519. The number of rotatable bonds is 14. The maximum atomic E-state index is 13.5. The normalized spacial score (nSPS) is 17.8. The van der Waals surface area contributed by atoms with Crippen LogP contribution in [-0.4, -0.2) is 93.8 Å². The Morgan fingerprint density at radius 3 is 2.27 bits per heavy atom. The number of hydrogen-bond acceptors (Lipinski definition) is 8. The number of hydrogen-bond donors (Lipinski definition) is 3. The minimum absolute atomic E-state index is 0.0424. The van der Waals surface area contributed by atoms with Gasteiger partial charge in [-0.2, -0.15) is 8.61 Å². The van der Waals surface area contributed by atoms with Gasteiger partial charge in [0.05, 0.1) is 42.5 Å². The van der Waals surface area contributed by atoms with Crippen molar-refractivity contribution in [3.63, 3.8) is 0 Å². The number of aliphatic hydroxyl groups is 1. The lowest BCUT2D eigenvalue weighted by atomic mass is 10.0. The number of sulfonamides is 2. The summed E-state index contributed by atoms with van der Waals surface area (Å²) in [6.45, 7) is 3.76. The van der Waals surface area contributed by atoms with Crippen LogP contribution in [0.5, 0.6) is 0 Å². The Balaban J connectivity index is 1.85. The van der Waals surface area contributed by atoms with E-state index < -0.39 is 50.7 Å². The summed E-state index contributed by atoms with van der Waals surface area (Å²) in [5.41, 5.74) is 6.97. The molecule has 0 bridgehead atoms. The van der Waals surface area contributed by atoms with Gasteiger partial charge >= 0.3 is 0 Å². The average molecular weight is 597 g/mol. The lowest BCUT2D eigenvalue weighted by molar-refractivity contribution is -0.123. The number of anilines is 1. The van der Waals surface area contributed by atoms with Crippen LogP contribution in [0.3, 0.4) is 0 Å². The third-order valence-corrected chi connectivity index (χ3v) is 9.75. The highest BCUT2D eigenvalue weighted by Gasteiger charge is 2.34. The van der Waals surface area contributed by atoms with Crippen LogP contribution in [0, 0.1) is 5.92 Å². The zero-order chi connectivity index (χ0) is 29.5. The summed E-state index contributed by atoms with van der Waals surface area (Å²) < 4.78 is 59.6. The molecule has 1 saturated heterocycles. The molecule has 1 aliphatic heterocycles. The third kappa shape index (κ3) is 8.98. The summed E-state index contributed by atoms with van der Waals surface area (Å²) in [5, 5.41) is 14.1. The number of amides is 1. The Labute approximate surface area is 237 Å². The highest BCUT2D eigenvalue weighted by molar-refractivity contribution is 7.89. The molecule has 2 aromatic carbocycles. The van der Waals surface area contributed by atoms with E-state index >= 15 is 0 Å². The van der Waals surface area contributed by atoms with E-state index in [1.807, 2.05) is 44.2 Å². The Morgan fingerprint density at radius 2 is 1.73 bits per heavy atom. The van der Waals surface area contributed by atoms with Crippen LogP contribution in [0.2, 0.25) is 0 Å². The molecule has 13 heteroatoms. The first-order valence-electron chi connectivity index (χ1n) is 13.2. The molecule has 0 spiro atoms. The molecule has 0 radical (unpaired) electrons. The molecule has 0 aromatic heterocycles. The van der Waals surface area contributed by atoms with E-state index in [4.69, 9.17) is 10.5 Å². The first-order valence-corrected chi connectivity index (χ1v) is 16.5. The lowest BCUT2D eigenvalue weighted by Gasteiger charge is -2.31. The van der Waals surface area contributed by atoms with E-state index in [0.717, 1.165) is 16.1 Å². The second-order valence-corrected chi connectivity index (χ2v) is 14.4. The molecule has 3 rings (SSSR count). The zero-order valence-corrected chi connectivity index (χ0v) is 24.8. The maximum absolute atomic E-state index is 13.5. The summed E-state index contributed by atoms with van der Waals surface area (Å²) in [5.74, 6) is -0.649. The van der Waals surface area contributed by atoms with Crippen molar-refractivity contribution in [3.8, 4) is 0 Å². The topological polar surface area (TPSA) is 159 Å². The number of nitrogens with zero attached hydrogens (tertiary/aromatic N) is 2. The molecule has 222 valence electrons. The second-order valence-electron chi connectivity index (χ2n) is 10.5. The molecule has 1 heterocycles. The number of nitrogens with two attached hydrogens (primary N) is 1. The first kappa shape index (κ1) is 32.0. The summed E-state index contributed by atoms with van der Waals surface area (Å²) in [4.78, 5) is 13.2. The van der Waals surface area contributed by atoms with E-state index in [1.165, 1.54) is 28.6 Å². The van der Waals surface area contributed by atoms with E-state index in [2.05, 4.69) is 5.32 Å². The highest BCUT2D eigenvalue weighted by Crippen LogP contribution is 2.21. The van der Waals surface area contributed by atoms with Crippen molar-refractivity contribution in [2.75, 3.05) is 44.8 Å². The Bertz CT molecular complexity index is 1310. The van der Waals surface area contributed by atoms with Crippen LogP contribution in [-0.2, 0) is 36.0 Å². The molecule has 1 amide bonds. The van der Waals surface area contributed by atoms with Gasteiger partial charge < -0.3 is 20.9 Å². The molecule has 3 atom stereocenters. The molecule has 11 nitrogen and oxygen atoms in total. The number of nitrogen functional groups attached to an aromatic ring is 1. The van der Waals surface area contributed by atoms with Crippen molar-refractivity contribution >= 4 is 31.6 Å². The molecule has 2 aromatic rings. The van der Waals surface area contributed by atoms with Crippen LogP contribution >= 0.6 is 0 Å². The smallest absolute Gasteiger partial charge is 0.243 e. The maximum Gasteiger partial charge on any atom is 0.243 e. The summed E-state index contributed by atoms with van der Waals surface area (Å²) in [6.07, 6.45) is 0.425. The van der Waals surface area contributed by atoms with Crippen molar-refractivity contribution in [3.05, 3.63) is 60.2 Å². The quantitative estimate of drug-likeness (QED) is 0.273. The van der Waals surface area contributed by atoms with Gasteiger partial charge in [0.2, 0.25) is 26.0 Å². The van der Waals surface area contributed by atoms with Gasteiger partial charge in [-0.05, 0) is 48.6 Å². The molecule has 0 aliphatic carbocycles. The van der Waals surface area contributed by atoms with E-state index in [9.17, 15) is 26.7 Å². The van der Waals surface area contributed by atoms with Crippen LogP contribution in [0.15, 0.2) is 59.5 Å². The van der Waals surface area contributed by atoms with Gasteiger partial charge in [0.25, 0.3) is 0 Å². The third-order valence-electron chi connectivity index (χ3n) is 6.62. The summed E-state index contributed by atoms with van der Waals surface area (Å²) in [7, 11) is -7.70. The number of carbonyl (C=O) groups excluding carboxylic acids is 1. The monoisotopic (exact) mass is 596 g/mol. The van der Waals surface area contributed by atoms with Gasteiger partial charge in [0.1, 0.15) is 0 Å². The number of aliphatic hydroxyl groups excluding tert-OH is 1. The molecule has 1 fully saturated rings. The SMILES string of the molecule is CC(C)CN(C[C@@H](O)[C@H](Cc1ccccc1)NC(=O)CN([C@H]1CCOC1)S(C)(=O)=O)S(=O)(=O)c1ccc(N)cc1. The van der Waals surface area contributed by atoms with E-state index in [1.54, 1.807) is 0 Å². The van der Waals surface area contributed by atoms with Crippen molar-refractivity contribution < 1.29 is 31.5 Å². The fourth-order valence-corrected chi connectivity index (χ4v) is 7.30. The van der Waals surface area contributed by atoms with E-state index in [0.29, 0.717) is 18.7 Å². The minimum Gasteiger partial charge on any atom is -0.399 e. The molecular formula is C27H40N4O7S2. The predicted octanol–water partition coefficient (Wildman–Crippen LogP) is 1.05. The van der Waals surface area contributed by atoms with Crippen LogP contribution < -0.4 is 11.1 Å². The molecule has 1 aliphatic rings. The van der Waals surface area contributed by atoms with Gasteiger partial charge in [-0.15, -0.1) is 0 Å². The van der Waals surface area contributed by atoms with Crippen LogP contribution in [0.1, 0.15) is 25.8 Å². The molecule has 0 unspecified atom stereocenters. The Kier molecular flexibility index (Phi) is 11.1. The van der Waals surface area contributed by atoms with Gasteiger partial charge in [-0.25, -0.2) is 16.8 Å². The van der Waals surface area contributed by atoms with Gasteiger partial charge in [0, 0.05) is 25.4 Å². The minimum atomic E-state index is -3.99. The predicted molar refractivity (Wildman–Crippen MR) is 153 cm³/mol. The van der Waals surface area contributed by atoms with Crippen LogP contribution in [0.25, 0.3) is 0 Å². The van der Waals surface area contributed by atoms with Crippen LogP contribution in [0.4, 0.5) is 5.69 Å². The number of ether oxygens (including phenoxy) is 1. The molecule has 0 saturated carbocycles. The fourth-order valence-electron chi connectivity index (χ4n) is 4.61. The number of benzene rings is 2. The zero-order valence-electron chi connectivity index (χ0n) is 23.1. The average Bonchev–Trinajstić information content (AvgIpc) is 3.41. The lowest BCUT2D eigenvalue weighted by Crippen LogP contribution is -2.54. The van der Waals surface area contributed by atoms with Crippen molar-refractivity contribution in [1.29, 1.82) is 0 Å². The van der Waals surface area contributed by atoms with Crippen molar-refractivity contribution in [1.82, 2.24) is 13.9 Å². The van der Waals surface area contributed by atoms with Crippen molar-refractivity contribution in [2.45, 2.75) is 49.8 Å². The Morgan fingerprint density at radius 1 is 1.07 bits per heavy atom.